The number of ether oxygens (including phenoxy) is 1. The molecule has 1 fully saturated rings. The molecule has 7 heteroatoms. The maximum absolute atomic E-state index is 12.6. The van der Waals surface area contributed by atoms with Crippen LogP contribution in [0.25, 0.3) is 0 Å². The molecule has 138 valence electrons. The summed E-state index contributed by atoms with van der Waals surface area (Å²) in [6.07, 6.45) is 2.99. The fourth-order valence-electron chi connectivity index (χ4n) is 2.80. The highest BCUT2D eigenvalue weighted by atomic mass is 16.5. The predicted octanol–water partition coefficient (Wildman–Crippen LogP) is 2.29. The quantitative estimate of drug-likeness (QED) is 0.676. The van der Waals surface area contributed by atoms with Gasteiger partial charge in [-0.2, -0.15) is 5.10 Å². The van der Waals surface area contributed by atoms with Crippen LogP contribution in [0.2, 0.25) is 0 Å². The molecule has 3 N–H and O–H groups in total. The number of benzene rings is 1. The third-order valence-corrected chi connectivity index (χ3v) is 4.49. The van der Waals surface area contributed by atoms with E-state index in [4.69, 9.17) is 4.74 Å². The summed E-state index contributed by atoms with van der Waals surface area (Å²) in [5.74, 6) is 0.677. The number of nitrogens with zero attached hydrogens (tertiary/aromatic N) is 1. The SMILES string of the molecule is CC[C@@H](NC(=O)c1cc(C2CC2)[nH]n1)c1ccccc1OCC(=O)NC. The normalized spacial score (nSPS) is 14.5. The standard InChI is InChI=1S/C19H24N4O3/c1-3-14(13-6-4-5-7-17(13)26-11-18(24)20-2)21-19(25)16-10-15(22-23-16)12-8-9-12/h4-7,10,12,14H,3,8-9,11H2,1-2H3,(H,20,24)(H,21,25)(H,22,23)/t14-/m1/s1. The first-order valence-electron chi connectivity index (χ1n) is 8.90. The third-order valence-electron chi connectivity index (χ3n) is 4.49. The summed E-state index contributed by atoms with van der Waals surface area (Å²) in [5.41, 5.74) is 2.26. The van der Waals surface area contributed by atoms with Gasteiger partial charge in [-0.3, -0.25) is 14.7 Å². The fraction of sp³-hybridized carbons (Fsp3) is 0.421. The number of aromatic nitrogens is 2. The summed E-state index contributed by atoms with van der Waals surface area (Å²) < 4.78 is 5.62. The Morgan fingerprint density at radius 3 is 2.81 bits per heavy atom. The van der Waals surface area contributed by atoms with E-state index in [9.17, 15) is 9.59 Å². The number of nitrogens with one attached hydrogen (secondary N) is 3. The number of likely N-dealkylation sites (N-methyl/N-ethyl adjacent to an activating group) is 1. The highest BCUT2D eigenvalue weighted by Crippen LogP contribution is 2.39. The largest absolute Gasteiger partial charge is 0.483 e. The van der Waals surface area contributed by atoms with E-state index in [0.717, 1.165) is 24.1 Å². The molecular weight excluding hydrogens is 332 g/mol. The van der Waals surface area contributed by atoms with Crippen LogP contribution in [0.4, 0.5) is 0 Å². The van der Waals surface area contributed by atoms with Gasteiger partial charge in [-0.25, -0.2) is 0 Å². The van der Waals surface area contributed by atoms with Crippen molar-refractivity contribution in [3.05, 3.63) is 47.3 Å². The number of hydrogen-bond donors (Lipinski definition) is 3. The van der Waals surface area contributed by atoms with Crippen LogP contribution >= 0.6 is 0 Å². The zero-order valence-electron chi connectivity index (χ0n) is 15.0. The van der Waals surface area contributed by atoms with Crippen LogP contribution in [0.15, 0.2) is 30.3 Å². The summed E-state index contributed by atoms with van der Waals surface area (Å²) in [6.45, 7) is 1.92. The van der Waals surface area contributed by atoms with Crippen molar-refractivity contribution in [1.29, 1.82) is 0 Å². The predicted molar refractivity (Wildman–Crippen MR) is 97.1 cm³/mol. The summed E-state index contributed by atoms with van der Waals surface area (Å²) in [6, 6.07) is 9.02. The molecule has 0 unspecified atom stereocenters. The molecule has 0 saturated heterocycles. The first kappa shape index (κ1) is 18.0. The topological polar surface area (TPSA) is 96.1 Å². The number of carbonyl (C=O) groups excluding carboxylic acids is 2. The molecule has 26 heavy (non-hydrogen) atoms. The van der Waals surface area contributed by atoms with Gasteiger partial charge in [-0.05, 0) is 31.4 Å². The van der Waals surface area contributed by atoms with Gasteiger partial charge in [-0.1, -0.05) is 25.1 Å². The highest BCUT2D eigenvalue weighted by molar-refractivity contribution is 5.92. The molecule has 1 saturated carbocycles. The van der Waals surface area contributed by atoms with E-state index >= 15 is 0 Å². The van der Waals surface area contributed by atoms with Crippen LogP contribution in [0, 0.1) is 0 Å². The van der Waals surface area contributed by atoms with Crippen molar-refractivity contribution in [3.63, 3.8) is 0 Å². The minimum absolute atomic E-state index is 0.0675. The minimum Gasteiger partial charge on any atom is -0.483 e. The maximum Gasteiger partial charge on any atom is 0.272 e. The molecule has 1 aromatic heterocycles. The fourth-order valence-corrected chi connectivity index (χ4v) is 2.80. The maximum atomic E-state index is 12.6. The first-order valence-corrected chi connectivity index (χ1v) is 8.90. The monoisotopic (exact) mass is 356 g/mol. The van der Waals surface area contributed by atoms with Crippen LogP contribution in [0.3, 0.4) is 0 Å². The summed E-state index contributed by atoms with van der Waals surface area (Å²) in [4.78, 5) is 24.0. The summed E-state index contributed by atoms with van der Waals surface area (Å²) >= 11 is 0. The number of H-pyrrole nitrogens is 1. The van der Waals surface area contributed by atoms with Gasteiger partial charge in [0.2, 0.25) is 0 Å². The molecule has 7 nitrogen and oxygen atoms in total. The van der Waals surface area contributed by atoms with Crippen molar-refractivity contribution in [2.45, 2.75) is 38.1 Å². The molecule has 2 amide bonds. The molecule has 0 radical (unpaired) electrons. The van der Waals surface area contributed by atoms with E-state index in [1.165, 1.54) is 0 Å². The van der Waals surface area contributed by atoms with Crippen molar-refractivity contribution in [2.75, 3.05) is 13.7 Å². The Labute approximate surface area is 152 Å². The van der Waals surface area contributed by atoms with E-state index in [1.54, 1.807) is 13.1 Å². The van der Waals surface area contributed by atoms with Gasteiger partial charge in [0, 0.05) is 24.2 Å². The molecule has 0 aliphatic heterocycles. The van der Waals surface area contributed by atoms with E-state index in [1.807, 2.05) is 31.2 Å². The van der Waals surface area contributed by atoms with Gasteiger partial charge in [0.05, 0.1) is 6.04 Å². The van der Waals surface area contributed by atoms with Crippen LogP contribution in [-0.4, -0.2) is 35.7 Å². The number of hydrogen-bond acceptors (Lipinski definition) is 4. The Hall–Kier alpha value is -2.83. The Balaban J connectivity index is 1.71. The van der Waals surface area contributed by atoms with Crippen molar-refractivity contribution >= 4 is 11.8 Å². The highest BCUT2D eigenvalue weighted by Gasteiger charge is 2.27. The molecule has 0 spiro atoms. The van der Waals surface area contributed by atoms with Gasteiger partial charge in [0.25, 0.3) is 11.8 Å². The van der Waals surface area contributed by atoms with Gasteiger partial charge < -0.3 is 15.4 Å². The van der Waals surface area contributed by atoms with Gasteiger partial charge in [-0.15, -0.1) is 0 Å². The van der Waals surface area contributed by atoms with Gasteiger partial charge >= 0.3 is 0 Å². The van der Waals surface area contributed by atoms with Crippen molar-refractivity contribution in [2.24, 2.45) is 0 Å². The van der Waals surface area contributed by atoms with E-state index in [0.29, 0.717) is 23.8 Å². The Kier molecular flexibility index (Phi) is 5.55. The van der Waals surface area contributed by atoms with Crippen LogP contribution < -0.4 is 15.4 Å². The first-order chi connectivity index (χ1) is 12.6. The van der Waals surface area contributed by atoms with E-state index < -0.39 is 0 Å². The van der Waals surface area contributed by atoms with Gasteiger partial charge in [0.1, 0.15) is 11.4 Å². The molecule has 1 aliphatic rings. The molecule has 1 atom stereocenters. The molecule has 0 bridgehead atoms. The van der Waals surface area contributed by atoms with Crippen molar-refractivity contribution in [3.8, 4) is 5.75 Å². The second-order valence-electron chi connectivity index (χ2n) is 6.42. The van der Waals surface area contributed by atoms with Crippen molar-refractivity contribution in [1.82, 2.24) is 20.8 Å². The minimum atomic E-state index is -0.232. The van der Waals surface area contributed by atoms with E-state index in [2.05, 4.69) is 20.8 Å². The Morgan fingerprint density at radius 1 is 1.35 bits per heavy atom. The lowest BCUT2D eigenvalue weighted by Gasteiger charge is -2.20. The zero-order chi connectivity index (χ0) is 18.5. The smallest absolute Gasteiger partial charge is 0.272 e. The molecule has 3 rings (SSSR count). The van der Waals surface area contributed by atoms with E-state index in [-0.39, 0.29) is 24.5 Å². The Bertz CT molecular complexity index is 783. The third kappa shape index (κ3) is 4.22. The summed E-state index contributed by atoms with van der Waals surface area (Å²) in [5, 5.41) is 12.6. The molecular formula is C19H24N4O3. The number of aromatic amines is 1. The number of carbonyl (C=O) groups is 2. The number of rotatable bonds is 8. The number of amides is 2. The molecule has 1 aromatic carbocycles. The second kappa shape index (κ2) is 8.03. The average molecular weight is 356 g/mol. The van der Waals surface area contributed by atoms with Crippen LogP contribution in [-0.2, 0) is 4.79 Å². The zero-order valence-corrected chi connectivity index (χ0v) is 15.0. The average Bonchev–Trinajstić information content (AvgIpc) is 3.40. The second-order valence-corrected chi connectivity index (χ2v) is 6.42. The number of para-hydroxylation sites is 1. The lowest BCUT2D eigenvalue weighted by atomic mass is 10.0. The van der Waals surface area contributed by atoms with Gasteiger partial charge in [0.15, 0.2) is 6.61 Å². The molecule has 1 heterocycles. The van der Waals surface area contributed by atoms with Crippen molar-refractivity contribution < 1.29 is 14.3 Å². The van der Waals surface area contributed by atoms with Crippen LogP contribution in [0.1, 0.15) is 59.9 Å². The lowest BCUT2D eigenvalue weighted by molar-refractivity contribution is -0.122. The molecule has 2 aromatic rings. The molecule has 1 aliphatic carbocycles. The summed E-state index contributed by atoms with van der Waals surface area (Å²) in [7, 11) is 1.56. The Morgan fingerprint density at radius 2 is 2.12 bits per heavy atom. The lowest BCUT2D eigenvalue weighted by Crippen LogP contribution is -2.29. The van der Waals surface area contributed by atoms with Crippen LogP contribution in [0.5, 0.6) is 5.75 Å².